The maximum absolute atomic E-state index is 13.6. The number of nitrogens with zero attached hydrogens (tertiary/aromatic N) is 1. The molecule has 0 saturated carbocycles. The predicted octanol–water partition coefficient (Wildman–Crippen LogP) is 3.11. The number of aryl methyl sites for hydroxylation is 1. The molecule has 2 rings (SSSR count). The van der Waals surface area contributed by atoms with Crippen LogP contribution in [-0.2, 0) is 6.54 Å². The summed E-state index contributed by atoms with van der Waals surface area (Å²) in [5, 5.41) is 0. The highest BCUT2D eigenvalue weighted by Crippen LogP contribution is 2.12. The molecule has 0 fully saturated rings. The van der Waals surface area contributed by atoms with Crippen LogP contribution in [0.2, 0.25) is 0 Å². The number of hydrogen-bond donors (Lipinski definition) is 0. The zero-order chi connectivity index (χ0) is 12.4. The van der Waals surface area contributed by atoms with Gasteiger partial charge in [-0.2, -0.15) is 0 Å². The number of halogens is 2. The zero-order valence-corrected chi connectivity index (χ0v) is 10.9. The summed E-state index contributed by atoms with van der Waals surface area (Å²) >= 11 is 3.29. The highest BCUT2D eigenvalue weighted by Gasteiger charge is 2.04. The molecule has 2 aromatic rings. The van der Waals surface area contributed by atoms with Gasteiger partial charge < -0.3 is 4.57 Å². The molecule has 0 aliphatic carbocycles. The topological polar surface area (TPSA) is 22.0 Å². The van der Waals surface area contributed by atoms with Crippen molar-refractivity contribution in [3.63, 3.8) is 0 Å². The normalized spacial score (nSPS) is 10.5. The fourth-order valence-corrected chi connectivity index (χ4v) is 1.97. The monoisotopic (exact) mass is 295 g/mol. The number of rotatable bonds is 2. The van der Waals surface area contributed by atoms with Gasteiger partial charge in [-0.3, -0.25) is 4.79 Å². The molecule has 0 N–H and O–H groups in total. The lowest BCUT2D eigenvalue weighted by molar-refractivity contribution is 0.595. The second-order valence-electron chi connectivity index (χ2n) is 3.91. The van der Waals surface area contributed by atoms with Crippen molar-refractivity contribution in [2.45, 2.75) is 13.5 Å². The molecule has 0 unspecified atom stereocenters. The van der Waals surface area contributed by atoms with E-state index < -0.39 is 0 Å². The molecule has 4 heteroatoms. The van der Waals surface area contributed by atoms with Crippen molar-refractivity contribution in [1.29, 1.82) is 0 Å². The first-order valence-electron chi connectivity index (χ1n) is 5.17. The van der Waals surface area contributed by atoms with E-state index in [-0.39, 0.29) is 17.9 Å². The van der Waals surface area contributed by atoms with Gasteiger partial charge in [0.05, 0.1) is 6.54 Å². The minimum absolute atomic E-state index is 0.145. The molecule has 88 valence electrons. The van der Waals surface area contributed by atoms with Crippen LogP contribution in [0.3, 0.4) is 0 Å². The zero-order valence-electron chi connectivity index (χ0n) is 9.28. The quantitative estimate of drug-likeness (QED) is 0.834. The van der Waals surface area contributed by atoms with Gasteiger partial charge in [0.25, 0.3) is 5.56 Å². The van der Waals surface area contributed by atoms with Gasteiger partial charge in [-0.05, 0) is 40.5 Å². The molecule has 0 bridgehead atoms. The molecule has 2 nitrogen and oxygen atoms in total. The summed E-state index contributed by atoms with van der Waals surface area (Å²) < 4.78 is 15.9. The molecule has 0 amide bonds. The van der Waals surface area contributed by atoms with E-state index in [4.69, 9.17) is 0 Å². The van der Waals surface area contributed by atoms with Crippen LogP contribution < -0.4 is 5.56 Å². The van der Waals surface area contributed by atoms with Gasteiger partial charge in [-0.25, -0.2) is 4.39 Å². The van der Waals surface area contributed by atoms with Gasteiger partial charge in [0, 0.05) is 22.3 Å². The average molecular weight is 296 g/mol. The largest absolute Gasteiger partial charge is 0.310 e. The van der Waals surface area contributed by atoms with Crippen LogP contribution >= 0.6 is 15.9 Å². The fraction of sp³-hybridized carbons (Fsp3) is 0.154. The molecule has 0 aliphatic heterocycles. The van der Waals surface area contributed by atoms with Gasteiger partial charge >= 0.3 is 0 Å². The minimum Gasteiger partial charge on any atom is -0.310 e. The molecule has 0 radical (unpaired) electrons. The Morgan fingerprint density at radius 1 is 1.29 bits per heavy atom. The third-order valence-corrected chi connectivity index (χ3v) is 2.97. The molecular formula is C13H11BrFNO. The van der Waals surface area contributed by atoms with E-state index in [9.17, 15) is 9.18 Å². The Kier molecular flexibility index (Phi) is 3.43. The van der Waals surface area contributed by atoms with Crippen molar-refractivity contribution in [3.8, 4) is 0 Å². The van der Waals surface area contributed by atoms with E-state index >= 15 is 0 Å². The Hall–Kier alpha value is -1.42. The summed E-state index contributed by atoms with van der Waals surface area (Å²) in [6.07, 6.45) is 1.65. The van der Waals surface area contributed by atoms with Crippen LogP contribution in [-0.4, -0.2) is 4.57 Å². The molecule has 0 atom stereocenters. The van der Waals surface area contributed by atoms with Crippen molar-refractivity contribution in [2.75, 3.05) is 0 Å². The van der Waals surface area contributed by atoms with Crippen LogP contribution in [0.25, 0.3) is 0 Å². The molecule has 0 spiro atoms. The van der Waals surface area contributed by atoms with E-state index in [1.807, 2.05) is 13.0 Å². The Labute approximate surface area is 107 Å². The van der Waals surface area contributed by atoms with Crippen LogP contribution in [0.5, 0.6) is 0 Å². The maximum Gasteiger partial charge on any atom is 0.250 e. The van der Waals surface area contributed by atoms with Gasteiger partial charge in [0.1, 0.15) is 5.82 Å². The summed E-state index contributed by atoms with van der Waals surface area (Å²) in [7, 11) is 0. The van der Waals surface area contributed by atoms with E-state index in [0.717, 1.165) is 10.0 Å². The minimum atomic E-state index is -0.281. The highest BCUT2D eigenvalue weighted by molar-refractivity contribution is 9.10. The summed E-state index contributed by atoms with van der Waals surface area (Å²) in [5.74, 6) is -0.281. The number of pyridine rings is 1. The smallest absolute Gasteiger partial charge is 0.250 e. The molecule has 1 aromatic carbocycles. The lowest BCUT2D eigenvalue weighted by Crippen LogP contribution is -2.19. The van der Waals surface area contributed by atoms with Crippen LogP contribution in [0, 0.1) is 12.7 Å². The Balaban J connectivity index is 2.38. The SMILES string of the molecule is Cc1ccc(Cn2cc(Br)ccc2=O)c(F)c1. The van der Waals surface area contributed by atoms with Gasteiger partial charge in [-0.1, -0.05) is 12.1 Å². The van der Waals surface area contributed by atoms with Crippen molar-refractivity contribution < 1.29 is 4.39 Å². The summed E-state index contributed by atoms with van der Waals surface area (Å²) in [6, 6.07) is 8.14. The van der Waals surface area contributed by atoms with Crippen LogP contribution in [0.1, 0.15) is 11.1 Å². The Bertz CT molecular complexity index is 607. The molecular weight excluding hydrogens is 285 g/mol. The first-order chi connectivity index (χ1) is 8.06. The number of hydrogen-bond acceptors (Lipinski definition) is 1. The van der Waals surface area contributed by atoms with Crippen LogP contribution in [0.15, 0.2) is 45.8 Å². The van der Waals surface area contributed by atoms with Crippen molar-refractivity contribution in [2.24, 2.45) is 0 Å². The average Bonchev–Trinajstić information content (AvgIpc) is 2.27. The number of aromatic nitrogens is 1. The van der Waals surface area contributed by atoms with Gasteiger partial charge in [-0.15, -0.1) is 0 Å². The fourth-order valence-electron chi connectivity index (χ4n) is 1.59. The molecule has 0 aliphatic rings. The third kappa shape index (κ3) is 2.82. The van der Waals surface area contributed by atoms with Crippen LogP contribution in [0.4, 0.5) is 4.39 Å². The standard InChI is InChI=1S/C13H11BrFNO/c1-9-2-3-10(12(15)6-9)7-16-8-11(14)4-5-13(16)17/h2-6,8H,7H2,1H3. The first-order valence-corrected chi connectivity index (χ1v) is 5.96. The second-order valence-corrected chi connectivity index (χ2v) is 4.82. The number of benzene rings is 1. The first kappa shape index (κ1) is 12.0. The Morgan fingerprint density at radius 3 is 2.76 bits per heavy atom. The highest BCUT2D eigenvalue weighted by atomic mass is 79.9. The second kappa shape index (κ2) is 4.84. The molecule has 17 heavy (non-hydrogen) atoms. The van der Waals surface area contributed by atoms with E-state index in [2.05, 4.69) is 15.9 Å². The lowest BCUT2D eigenvalue weighted by Gasteiger charge is -2.07. The maximum atomic E-state index is 13.6. The lowest BCUT2D eigenvalue weighted by atomic mass is 10.1. The van der Waals surface area contributed by atoms with Gasteiger partial charge in [0.2, 0.25) is 0 Å². The molecule has 1 heterocycles. The summed E-state index contributed by atoms with van der Waals surface area (Å²) in [4.78, 5) is 11.6. The van der Waals surface area contributed by atoms with Crippen molar-refractivity contribution in [1.82, 2.24) is 4.57 Å². The summed E-state index contributed by atoms with van der Waals surface area (Å²) in [6.45, 7) is 2.07. The van der Waals surface area contributed by atoms with Crippen molar-refractivity contribution >= 4 is 15.9 Å². The predicted molar refractivity (Wildman–Crippen MR) is 68.6 cm³/mol. The molecule has 0 saturated heterocycles. The molecule has 1 aromatic heterocycles. The third-order valence-electron chi connectivity index (χ3n) is 2.50. The van der Waals surface area contributed by atoms with E-state index in [1.165, 1.54) is 16.7 Å². The van der Waals surface area contributed by atoms with Crippen molar-refractivity contribution in [3.05, 3.63) is 68.3 Å². The summed E-state index contributed by atoms with van der Waals surface area (Å²) in [5.41, 5.74) is 1.23. The van der Waals surface area contributed by atoms with Gasteiger partial charge in [0.15, 0.2) is 0 Å². The Morgan fingerprint density at radius 2 is 2.06 bits per heavy atom. The van der Waals surface area contributed by atoms with E-state index in [1.54, 1.807) is 18.3 Å². The van der Waals surface area contributed by atoms with E-state index in [0.29, 0.717) is 5.56 Å².